The minimum Gasteiger partial charge on any atom is -0.361 e. The van der Waals surface area contributed by atoms with Gasteiger partial charge >= 0.3 is 0 Å². The molecule has 3 nitrogen and oxygen atoms in total. The average molecular weight is 292 g/mol. The maximum absolute atomic E-state index is 6.04. The molecule has 1 heterocycles. The van der Waals surface area contributed by atoms with Crippen LogP contribution >= 0.6 is 11.6 Å². The average Bonchev–Trinajstić information content (AvgIpc) is 2.46. The van der Waals surface area contributed by atoms with Crippen LogP contribution in [0.4, 0.5) is 0 Å². The van der Waals surface area contributed by atoms with Crippen LogP contribution < -0.4 is 4.90 Å². The Kier molecular flexibility index (Phi) is 5.53. The second-order valence-electron chi connectivity index (χ2n) is 5.01. The van der Waals surface area contributed by atoms with Crippen molar-refractivity contribution >= 4 is 11.6 Å². The van der Waals surface area contributed by atoms with Gasteiger partial charge in [0, 0.05) is 11.2 Å². The van der Waals surface area contributed by atoms with Gasteiger partial charge in [-0.05, 0) is 29.8 Å². The summed E-state index contributed by atoms with van der Waals surface area (Å²) in [6.45, 7) is 1.64. The summed E-state index contributed by atoms with van der Waals surface area (Å²) >= 11 is 5.95. The van der Waals surface area contributed by atoms with Gasteiger partial charge in [0.1, 0.15) is 12.6 Å². The molecule has 0 unspecified atom stereocenters. The van der Waals surface area contributed by atoms with Crippen molar-refractivity contribution in [2.24, 2.45) is 0 Å². The Morgan fingerprint density at radius 2 is 1.90 bits per heavy atom. The molecule has 0 amide bonds. The van der Waals surface area contributed by atoms with Gasteiger partial charge in [0.25, 0.3) is 0 Å². The first-order valence-electron chi connectivity index (χ1n) is 6.74. The number of halogens is 1. The number of benzene rings is 1. The molecule has 0 spiro atoms. The smallest absolute Gasteiger partial charge is 0.125 e. The lowest BCUT2D eigenvalue weighted by Gasteiger charge is -2.18. The topological polar surface area (TPSA) is 26.6 Å². The van der Waals surface area contributed by atoms with E-state index in [0.29, 0.717) is 6.61 Å². The number of likely N-dealkylation sites (N-methyl/N-ethyl adjacent to an activating group) is 1. The van der Waals surface area contributed by atoms with Gasteiger partial charge in [-0.15, -0.1) is 0 Å². The number of aromatic nitrogens is 1. The lowest BCUT2D eigenvalue weighted by atomic mass is 10.1. The number of nitrogens with zero attached hydrogens (tertiary/aromatic N) is 1. The molecule has 4 heteroatoms. The van der Waals surface area contributed by atoms with Gasteiger partial charge in [-0.25, -0.2) is 0 Å². The van der Waals surface area contributed by atoms with E-state index in [-0.39, 0.29) is 6.10 Å². The van der Waals surface area contributed by atoms with E-state index in [2.05, 4.69) is 19.1 Å². The fourth-order valence-corrected chi connectivity index (χ4v) is 2.03. The van der Waals surface area contributed by atoms with Gasteiger partial charge in [0.15, 0.2) is 0 Å². The third-order valence-electron chi connectivity index (χ3n) is 3.02. The van der Waals surface area contributed by atoms with Crippen molar-refractivity contribution in [1.29, 1.82) is 0 Å². The Morgan fingerprint density at radius 3 is 2.50 bits per heavy atom. The summed E-state index contributed by atoms with van der Waals surface area (Å²) in [5.41, 5.74) is 1.99. The Bertz CT molecular complexity index is 514. The van der Waals surface area contributed by atoms with Crippen LogP contribution in [0.5, 0.6) is 0 Å². The molecule has 0 saturated carbocycles. The van der Waals surface area contributed by atoms with Crippen LogP contribution in [0.25, 0.3) is 0 Å². The van der Waals surface area contributed by atoms with Crippen LogP contribution in [0.2, 0.25) is 5.02 Å². The van der Waals surface area contributed by atoms with E-state index in [9.17, 15) is 0 Å². The second-order valence-corrected chi connectivity index (χ2v) is 5.45. The predicted molar refractivity (Wildman–Crippen MR) is 81.2 cm³/mol. The molecule has 1 N–H and O–H groups in total. The standard InChI is InChI=1S/C16H19ClN2O/c1-19(2)11-12-20-16(15-5-3-4-10-18-15)13-6-8-14(17)9-7-13/h3-10,16H,11-12H2,1-2H3/p+1/t16-/m0/s1. The molecule has 0 aliphatic rings. The first kappa shape index (κ1) is 15.0. The summed E-state index contributed by atoms with van der Waals surface area (Å²) in [6, 6.07) is 13.6. The van der Waals surface area contributed by atoms with Crippen molar-refractivity contribution < 1.29 is 9.64 Å². The Morgan fingerprint density at radius 1 is 1.15 bits per heavy atom. The fraction of sp³-hybridized carbons (Fsp3) is 0.312. The molecule has 0 saturated heterocycles. The largest absolute Gasteiger partial charge is 0.361 e. The monoisotopic (exact) mass is 291 g/mol. The molecule has 0 fully saturated rings. The molecule has 1 atom stereocenters. The fourth-order valence-electron chi connectivity index (χ4n) is 1.90. The van der Waals surface area contributed by atoms with Crippen LogP contribution in [-0.4, -0.2) is 32.2 Å². The molecular formula is C16H20ClN2O+. The highest BCUT2D eigenvalue weighted by molar-refractivity contribution is 6.30. The van der Waals surface area contributed by atoms with E-state index >= 15 is 0 Å². The first-order valence-corrected chi connectivity index (χ1v) is 7.11. The number of hydrogen-bond acceptors (Lipinski definition) is 2. The summed E-state index contributed by atoms with van der Waals surface area (Å²) in [5, 5.41) is 0.728. The first-order chi connectivity index (χ1) is 9.66. The van der Waals surface area contributed by atoms with Crippen molar-refractivity contribution in [1.82, 2.24) is 4.98 Å². The van der Waals surface area contributed by atoms with E-state index in [1.807, 2.05) is 42.5 Å². The third kappa shape index (κ3) is 4.30. The summed E-state index contributed by atoms with van der Waals surface area (Å²) in [6.07, 6.45) is 1.64. The summed E-state index contributed by atoms with van der Waals surface area (Å²) in [4.78, 5) is 5.77. The third-order valence-corrected chi connectivity index (χ3v) is 3.27. The minimum atomic E-state index is -0.146. The molecule has 0 radical (unpaired) electrons. The molecule has 2 aromatic rings. The van der Waals surface area contributed by atoms with Gasteiger partial charge in [-0.1, -0.05) is 29.8 Å². The lowest BCUT2D eigenvalue weighted by Crippen LogP contribution is -3.06. The quantitative estimate of drug-likeness (QED) is 0.881. The molecular weight excluding hydrogens is 272 g/mol. The molecule has 20 heavy (non-hydrogen) atoms. The van der Waals surface area contributed by atoms with Crippen molar-refractivity contribution in [2.75, 3.05) is 27.2 Å². The summed E-state index contributed by atoms with van der Waals surface area (Å²) in [5.74, 6) is 0. The van der Waals surface area contributed by atoms with Gasteiger partial charge in [-0.2, -0.15) is 0 Å². The van der Waals surface area contributed by atoms with Gasteiger partial charge in [0.2, 0.25) is 0 Å². The molecule has 2 rings (SSSR count). The number of rotatable bonds is 6. The van der Waals surface area contributed by atoms with E-state index in [1.54, 1.807) is 6.20 Å². The highest BCUT2D eigenvalue weighted by Gasteiger charge is 2.16. The SMILES string of the molecule is C[NH+](C)CCO[C@@H](c1ccc(Cl)cc1)c1ccccn1. The lowest BCUT2D eigenvalue weighted by molar-refractivity contribution is -0.858. The van der Waals surface area contributed by atoms with E-state index in [4.69, 9.17) is 16.3 Å². The Balaban J connectivity index is 2.18. The van der Waals surface area contributed by atoms with Crippen molar-refractivity contribution in [3.63, 3.8) is 0 Å². The summed E-state index contributed by atoms with van der Waals surface area (Å²) in [7, 11) is 4.23. The zero-order valence-electron chi connectivity index (χ0n) is 11.8. The van der Waals surface area contributed by atoms with Crippen LogP contribution in [0.3, 0.4) is 0 Å². The number of ether oxygens (including phenoxy) is 1. The molecule has 0 aliphatic heterocycles. The van der Waals surface area contributed by atoms with Crippen molar-refractivity contribution in [2.45, 2.75) is 6.10 Å². The van der Waals surface area contributed by atoms with Crippen LogP contribution in [0.1, 0.15) is 17.4 Å². The van der Waals surface area contributed by atoms with Crippen molar-refractivity contribution in [3.8, 4) is 0 Å². The van der Waals surface area contributed by atoms with Gasteiger partial charge in [0.05, 0.1) is 26.4 Å². The summed E-state index contributed by atoms with van der Waals surface area (Å²) < 4.78 is 6.04. The second kappa shape index (κ2) is 7.39. The van der Waals surface area contributed by atoms with Crippen LogP contribution in [-0.2, 0) is 4.74 Å². The predicted octanol–water partition coefficient (Wildman–Crippen LogP) is 1.99. The Hall–Kier alpha value is -1.42. The molecule has 0 aliphatic carbocycles. The molecule has 0 bridgehead atoms. The van der Waals surface area contributed by atoms with Crippen LogP contribution in [0.15, 0.2) is 48.7 Å². The van der Waals surface area contributed by atoms with E-state index in [1.165, 1.54) is 4.90 Å². The highest BCUT2D eigenvalue weighted by Crippen LogP contribution is 2.25. The van der Waals surface area contributed by atoms with E-state index in [0.717, 1.165) is 22.8 Å². The number of hydrogen-bond donors (Lipinski definition) is 1. The number of pyridine rings is 1. The minimum absolute atomic E-state index is 0.146. The zero-order valence-corrected chi connectivity index (χ0v) is 12.6. The highest BCUT2D eigenvalue weighted by atomic mass is 35.5. The van der Waals surface area contributed by atoms with Gasteiger partial charge in [-0.3, -0.25) is 4.98 Å². The molecule has 1 aromatic heterocycles. The van der Waals surface area contributed by atoms with Crippen molar-refractivity contribution in [3.05, 3.63) is 64.9 Å². The Labute approximate surface area is 125 Å². The van der Waals surface area contributed by atoms with Gasteiger partial charge < -0.3 is 9.64 Å². The zero-order chi connectivity index (χ0) is 14.4. The normalized spacial score (nSPS) is 12.6. The van der Waals surface area contributed by atoms with Crippen LogP contribution in [0, 0.1) is 0 Å². The number of quaternary nitrogens is 1. The maximum Gasteiger partial charge on any atom is 0.125 e. The maximum atomic E-state index is 6.04. The number of nitrogens with one attached hydrogen (secondary N) is 1. The van der Waals surface area contributed by atoms with E-state index < -0.39 is 0 Å². The molecule has 106 valence electrons. The molecule has 1 aromatic carbocycles.